The lowest BCUT2D eigenvalue weighted by Crippen LogP contribution is -2.43. The van der Waals surface area contributed by atoms with Crippen molar-refractivity contribution in [1.82, 2.24) is 5.32 Å². The number of ether oxygens (including phenoxy) is 1. The lowest BCUT2D eigenvalue weighted by molar-refractivity contribution is -0.0299. The Balaban J connectivity index is 2.97. The average molecular weight is 277 g/mol. The third-order valence-electron chi connectivity index (χ3n) is 4.23. The molecular formula is C18H31NO. The van der Waals surface area contributed by atoms with Crippen LogP contribution in [0.5, 0.6) is 0 Å². The van der Waals surface area contributed by atoms with Gasteiger partial charge < -0.3 is 10.1 Å². The highest BCUT2D eigenvalue weighted by atomic mass is 16.5. The molecule has 114 valence electrons. The first-order valence-electron chi connectivity index (χ1n) is 7.98. The molecule has 0 amide bonds. The Hall–Kier alpha value is -0.860. The topological polar surface area (TPSA) is 21.3 Å². The maximum atomic E-state index is 5.82. The number of benzene rings is 1. The van der Waals surface area contributed by atoms with Gasteiger partial charge in [0.25, 0.3) is 0 Å². The molecule has 0 saturated heterocycles. The van der Waals surface area contributed by atoms with Gasteiger partial charge in [-0.15, -0.1) is 0 Å². The number of nitrogens with one attached hydrogen (secondary N) is 1. The molecule has 0 saturated carbocycles. The molecular weight excluding hydrogens is 246 g/mol. The van der Waals surface area contributed by atoms with Crippen molar-refractivity contribution in [1.29, 1.82) is 0 Å². The van der Waals surface area contributed by atoms with Crippen molar-refractivity contribution in [3.8, 4) is 0 Å². The molecule has 0 aliphatic heterocycles. The summed E-state index contributed by atoms with van der Waals surface area (Å²) < 4.78 is 5.82. The summed E-state index contributed by atoms with van der Waals surface area (Å²) in [5, 5.41) is 3.65. The lowest BCUT2D eigenvalue weighted by Gasteiger charge is -2.37. The molecule has 2 heteroatoms. The molecule has 1 aromatic carbocycles. The summed E-state index contributed by atoms with van der Waals surface area (Å²) in [4.78, 5) is 0. The van der Waals surface area contributed by atoms with E-state index in [9.17, 15) is 0 Å². The van der Waals surface area contributed by atoms with Crippen molar-refractivity contribution >= 4 is 0 Å². The SMILES string of the molecule is CCCNC(c1ccc(CCC)cc1)C(C)(CC)OC. The zero-order valence-corrected chi connectivity index (χ0v) is 13.8. The Morgan fingerprint density at radius 1 is 1.10 bits per heavy atom. The van der Waals surface area contributed by atoms with Crippen molar-refractivity contribution < 1.29 is 4.74 Å². The van der Waals surface area contributed by atoms with E-state index >= 15 is 0 Å². The minimum atomic E-state index is -0.165. The van der Waals surface area contributed by atoms with Crippen LogP contribution in [0.4, 0.5) is 0 Å². The highest BCUT2D eigenvalue weighted by molar-refractivity contribution is 5.27. The molecule has 20 heavy (non-hydrogen) atoms. The highest BCUT2D eigenvalue weighted by Gasteiger charge is 2.33. The summed E-state index contributed by atoms with van der Waals surface area (Å²) in [7, 11) is 1.82. The molecule has 0 aliphatic carbocycles. The van der Waals surface area contributed by atoms with Crippen LogP contribution in [-0.2, 0) is 11.2 Å². The van der Waals surface area contributed by atoms with Gasteiger partial charge in [0.2, 0.25) is 0 Å². The van der Waals surface area contributed by atoms with Crippen LogP contribution in [0.3, 0.4) is 0 Å². The Kier molecular flexibility index (Phi) is 7.25. The molecule has 2 unspecified atom stereocenters. The molecule has 0 radical (unpaired) electrons. The van der Waals surface area contributed by atoms with E-state index in [1.807, 2.05) is 7.11 Å². The van der Waals surface area contributed by atoms with Crippen molar-refractivity contribution in [3.05, 3.63) is 35.4 Å². The van der Waals surface area contributed by atoms with Crippen molar-refractivity contribution in [2.24, 2.45) is 0 Å². The monoisotopic (exact) mass is 277 g/mol. The van der Waals surface area contributed by atoms with Gasteiger partial charge in [-0.25, -0.2) is 0 Å². The molecule has 0 heterocycles. The molecule has 2 nitrogen and oxygen atoms in total. The van der Waals surface area contributed by atoms with Crippen LogP contribution >= 0.6 is 0 Å². The standard InChI is InChI=1S/C18H31NO/c1-6-9-15-10-12-16(13-11-15)17(19-14-7-2)18(4,8-3)20-5/h10-13,17,19H,6-9,14H2,1-5H3. The van der Waals surface area contributed by atoms with Crippen LogP contribution in [0.25, 0.3) is 0 Å². The van der Waals surface area contributed by atoms with Gasteiger partial charge in [0.05, 0.1) is 11.6 Å². The zero-order valence-electron chi connectivity index (χ0n) is 13.8. The van der Waals surface area contributed by atoms with Gasteiger partial charge >= 0.3 is 0 Å². The summed E-state index contributed by atoms with van der Waals surface area (Å²) in [6.07, 6.45) is 4.47. The molecule has 0 fully saturated rings. The largest absolute Gasteiger partial charge is 0.377 e. The van der Waals surface area contributed by atoms with Gasteiger partial charge in [0, 0.05) is 7.11 Å². The molecule has 0 spiro atoms. The summed E-state index contributed by atoms with van der Waals surface area (Å²) >= 11 is 0. The van der Waals surface area contributed by atoms with Crippen LogP contribution in [0.2, 0.25) is 0 Å². The summed E-state index contributed by atoms with van der Waals surface area (Å²) in [6.45, 7) is 9.82. The van der Waals surface area contributed by atoms with Gasteiger partial charge in [0.15, 0.2) is 0 Å². The normalized spacial score (nSPS) is 15.8. The Bertz CT molecular complexity index is 368. The number of aryl methyl sites for hydroxylation is 1. The van der Waals surface area contributed by atoms with Crippen molar-refractivity contribution in [2.45, 2.75) is 65.0 Å². The van der Waals surface area contributed by atoms with E-state index in [1.54, 1.807) is 0 Å². The number of rotatable bonds is 9. The second-order valence-corrected chi connectivity index (χ2v) is 5.75. The van der Waals surface area contributed by atoms with E-state index in [0.29, 0.717) is 0 Å². The molecule has 1 rings (SSSR count). The molecule has 1 N–H and O–H groups in total. The minimum absolute atomic E-state index is 0.165. The van der Waals surface area contributed by atoms with Crippen LogP contribution in [0.15, 0.2) is 24.3 Å². The van der Waals surface area contributed by atoms with E-state index < -0.39 is 0 Å². The summed E-state index contributed by atoms with van der Waals surface area (Å²) in [6, 6.07) is 9.26. The Morgan fingerprint density at radius 2 is 1.75 bits per heavy atom. The molecule has 2 atom stereocenters. The van der Waals surface area contributed by atoms with Crippen LogP contribution in [0, 0.1) is 0 Å². The predicted octanol–water partition coefficient (Wildman–Crippen LogP) is 4.49. The first kappa shape index (κ1) is 17.2. The van der Waals surface area contributed by atoms with Crippen molar-refractivity contribution in [2.75, 3.05) is 13.7 Å². The zero-order chi connectivity index (χ0) is 15.0. The van der Waals surface area contributed by atoms with Gasteiger partial charge in [-0.3, -0.25) is 0 Å². The fourth-order valence-electron chi connectivity index (χ4n) is 2.61. The van der Waals surface area contributed by atoms with Gasteiger partial charge in [-0.2, -0.15) is 0 Å². The second kappa shape index (κ2) is 8.43. The van der Waals surface area contributed by atoms with E-state index in [0.717, 1.165) is 25.8 Å². The summed E-state index contributed by atoms with van der Waals surface area (Å²) in [5.74, 6) is 0. The summed E-state index contributed by atoms with van der Waals surface area (Å²) in [5.41, 5.74) is 2.58. The smallest absolute Gasteiger partial charge is 0.0841 e. The fourth-order valence-corrected chi connectivity index (χ4v) is 2.61. The maximum absolute atomic E-state index is 5.82. The fraction of sp³-hybridized carbons (Fsp3) is 0.667. The van der Waals surface area contributed by atoms with E-state index in [4.69, 9.17) is 4.74 Å². The molecule has 0 bridgehead atoms. The Labute approximate surface area is 124 Å². The number of hydrogen-bond acceptors (Lipinski definition) is 2. The molecule has 0 aliphatic rings. The minimum Gasteiger partial charge on any atom is -0.377 e. The van der Waals surface area contributed by atoms with E-state index in [1.165, 1.54) is 17.5 Å². The molecule has 1 aromatic rings. The molecule has 0 aromatic heterocycles. The van der Waals surface area contributed by atoms with E-state index in [-0.39, 0.29) is 11.6 Å². The van der Waals surface area contributed by atoms with Crippen molar-refractivity contribution in [3.63, 3.8) is 0 Å². The number of hydrogen-bond donors (Lipinski definition) is 1. The predicted molar refractivity (Wildman–Crippen MR) is 87.2 cm³/mol. The van der Waals surface area contributed by atoms with E-state index in [2.05, 4.69) is 57.3 Å². The average Bonchev–Trinajstić information content (AvgIpc) is 2.49. The third kappa shape index (κ3) is 4.32. The maximum Gasteiger partial charge on any atom is 0.0841 e. The van der Waals surface area contributed by atoms with Crippen LogP contribution in [0.1, 0.15) is 64.1 Å². The number of methoxy groups -OCH3 is 1. The first-order chi connectivity index (χ1) is 9.61. The van der Waals surface area contributed by atoms with Gasteiger partial charge in [-0.05, 0) is 43.9 Å². The lowest BCUT2D eigenvalue weighted by atomic mass is 9.87. The van der Waals surface area contributed by atoms with Crippen LogP contribution < -0.4 is 5.32 Å². The third-order valence-corrected chi connectivity index (χ3v) is 4.23. The first-order valence-corrected chi connectivity index (χ1v) is 7.98. The van der Waals surface area contributed by atoms with Gasteiger partial charge in [0.1, 0.15) is 0 Å². The quantitative estimate of drug-likeness (QED) is 0.718. The second-order valence-electron chi connectivity index (χ2n) is 5.75. The van der Waals surface area contributed by atoms with Gasteiger partial charge in [-0.1, -0.05) is 51.5 Å². The highest BCUT2D eigenvalue weighted by Crippen LogP contribution is 2.32. The Morgan fingerprint density at radius 3 is 2.20 bits per heavy atom. The van der Waals surface area contributed by atoms with Crippen LogP contribution in [-0.4, -0.2) is 19.3 Å².